The van der Waals surface area contributed by atoms with Crippen LogP contribution in [0, 0.1) is 0 Å². The number of imidazole rings is 1. The molecule has 0 radical (unpaired) electrons. The van der Waals surface area contributed by atoms with Crippen molar-refractivity contribution in [2.45, 2.75) is 25.9 Å². The molecule has 0 unspecified atom stereocenters. The Balaban J connectivity index is 2.15. The van der Waals surface area contributed by atoms with Crippen LogP contribution in [-0.2, 0) is 12.6 Å². The average molecular weight is 361 g/mol. The summed E-state index contributed by atoms with van der Waals surface area (Å²) in [5.74, 6) is -0.397. The van der Waals surface area contributed by atoms with E-state index in [1.807, 2.05) is 13.0 Å². The topological polar surface area (TPSA) is 37.6 Å². The Bertz CT molecular complexity index is 932. The predicted molar refractivity (Wildman–Crippen MR) is 93.4 cm³/mol. The zero-order valence-electron chi connectivity index (χ0n) is 14.4. The van der Waals surface area contributed by atoms with Gasteiger partial charge < -0.3 is 4.90 Å². The maximum Gasteiger partial charge on any atom is 0.417 e. The fourth-order valence-electron chi connectivity index (χ4n) is 2.83. The number of halogens is 3. The number of para-hydroxylation sites is 1. The standard InChI is InChI=1S/C19H18F3N3O/c1-3-7-15-17(18(26)24(2)14-8-5-4-6-9-14)25-12-13(19(20,21)22)10-11-16(25)23-15/h4-6,8-12H,3,7H2,1-2H3. The third-order valence-electron chi connectivity index (χ3n) is 4.16. The third kappa shape index (κ3) is 3.29. The molecule has 3 rings (SSSR count). The van der Waals surface area contributed by atoms with Crippen molar-refractivity contribution in [3.05, 3.63) is 65.6 Å². The quantitative estimate of drug-likeness (QED) is 0.682. The Morgan fingerprint density at radius 3 is 2.46 bits per heavy atom. The number of aryl methyl sites for hydroxylation is 1. The molecule has 4 nitrogen and oxygen atoms in total. The molecule has 7 heteroatoms. The van der Waals surface area contributed by atoms with E-state index in [0.717, 1.165) is 18.7 Å². The maximum atomic E-state index is 13.1. The van der Waals surface area contributed by atoms with E-state index < -0.39 is 17.6 Å². The van der Waals surface area contributed by atoms with E-state index in [2.05, 4.69) is 4.98 Å². The lowest BCUT2D eigenvalue weighted by Gasteiger charge is -2.18. The summed E-state index contributed by atoms with van der Waals surface area (Å²) in [7, 11) is 1.60. The van der Waals surface area contributed by atoms with Crippen molar-refractivity contribution >= 4 is 17.2 Å². The normalized spacial score (nSPS) is 11.7. The molecule has 3 aromatic rings. The smallest absolute Gasteiger partial charge is 0.310 e. The molecule has 0 bridgehead atoms. The Morgan fingerprint density at radius 1 is 1.15 bits per heavy atom. The van der Waals surface area contributed by atoms with Crippen LogP contribution in [0.5, 0.6) is 0 Å². The van der Waals surface area contributed by atoms with Crippen LogP contribution in [0.25, 0.3) is 5.65 Å². The molecule has 26 heavy (non-hydrogen) atoms. The zero-order valence-corrected chi connectivity index (χ0v) is 14.4. The van der Waals surface area contributed by atoms with Crippen LogP contribution in [0.1, 0.15) is 35.1 Å². The number of pyridine rings is 1. The molecule has 2 aromatic heterocycles. The SMILES string of the molecule is CCCc1nc2ccc(C(F)(F)F)cn2c1C(=O)N(C)c1ccccc1. The third-order valence-corrected chi connectivity index (χ3v) is 4.16. The van der Waals surface area contributed by atoms with Gasteiger partial charge in [-0.1, -0.05) is 31.5 Å². The number of benzene rings is 1. The van der Waals surface area contributed by atoms with E-state index in [1.165, 1.54) is 15.4 Å². The zero-order chi connectivity index (χ0) is 18.9. The first-order valence-corrected chi connectivity index (χ1v) is 8.24. The van der Waals surface area contributed by atoms with Gasteiger partial charge in [0.2, 0.25) is 0 Å². The van der Waals surface area contributed by atoms with Crippen molar-refractivity contribution in [2.75, 3.05) is 11.9 Å². The molecule has 0 fully saturated rings. The number of aromatic nitrogens is 2. The Hall–Kier alpha value is -2.83. The number of anilines is 1. The summed E-state index contributed by atoms with van der Waals surface area (Å²) in [5.41, 5.74) is 0.828. The van der Waals surface area contributed by atoms with E-state index in [9.17, 15) is 18.0 Å². The summed E-state index contributed by atoms with van der Waals surface area (Å²) in [6.45, 7) is 1.93. The molecular formula is C19H18F3N3O. The van der Waals surface area contributed by atoms with E-state index in [-0.39, 0.29) is 5.69 Å². The minimum absolute atomic E-state index is 0.166. The van der Waals surface area contributed by atoms with Gasteiger partial charge in [-0.15, -0.1) is 0 Å². The van der Waals surface area contributed by atoms with Crippen LogP contribution in [0.2, 0.25) is 0 Å². The molecule has 2 heterocycles. The lowest BCUT2D eigenvalue weighted by atomic mass is 10.2. The molecule has 0 N–H and O–H groups in total. The van der Waals surface area contributed by atoms with Crippen LogP contribution in [0.15, 0.2) is 48.7 Å². The molecule has 0 aliphatic heterocycles. The number of amides is 1. The highest BCUT2D eigenvalue weighted by atomic mass is 19.4. The Kier molecular flexibility index (Phi) is 4.71. The highest BCUT2D eigenvalue weighted by Gasteiger charge is 2.32. The van der Waals surface area contributed by atoms with E-state index in [0.29, 0.717) is 23.4 Å². The van der Waals surface area contributed by atoms with Gasteiger partial charge in [0.05, 0.1) is 11.3 Å². The predicted octanol–water partition coefficient (Wildman–Crippen LogP) is 4.58. The number of alkyl halides is 3. The minimum Gasteiger partial charge on any atom is -0.310 e. The number of hydrogen-bond acceptors (Lipinski definition) is 2. The number of fused-ring (bicyclic) bond motifs is 1. The summed E-state index contributed by atoms with van der Waals surface area (Å²) >= 11 is 0. The van der Waals surface area contributed by atoms with Crippen molar-refractivity contribution < 1.29 is 18.0 Å². The molecule has 0 spiro atoms. The maximum absolute atomic E-state index is 13.1. The van der Waals surface area contributed by atoms with Crippen LogP contribution in [0.4, 0.5) is 18.9 Å². The molecule has 0 aliphatic carbocycles. The fourth-order valence-corrected chi connectivity index (χ4v) is 2.83. The first kappa shape index (κ1) is 18.0. The number of hydrogen-bond donors (Lipinski definition) is 0. The van der Waals surface area contributed by atoms with Gasteiger partial charge >= 0.3 is 6.18 Å². The summed E-state index contributed by atoms with van der Waals surface area (Å²) in [4.78, 5) is 18.9. The van der Waals surface area contributed by atoms with Crippen LogP contribution in [-0.4, -0.2) is 22.3 Å². The molecular weight excluding hydrogens is 343 g/mol. The van der Waals surface area contributed by atoms with E-state index >= 15 is 0 Å². The molecule has 0 atom stereocenters. The van der Waals surface area contributed by atoms with E-state index in [4.69, 9.17) is 0 Å². The first-order chi connectivity index (χ1) is 12.3. The Labute approximate surface area is 148 Å². The van der Waals surface area contributed by atoms with Crippen molar-refractivity contribution in [3.8, 4) is 0 Å². The second-order valence-electron chi connectivity index (χ2n) is 6.00. The molecule has 1 amide bonds. The summed E-state index contributed by atoms with van der Waals surface area (Å²) in [6, 6.07) is 11.2. The molecule has 0 saturated heterocycles. The van der Waals surface area contributed by atoms with Gasteiger partial charge in [0.25, 0.3) is 5.91 Å². The monoisotopic (exact) mass is 361 g/mol. The summed E-state index contributed by atoms with van der Waals surface area (Å²) in [6.07, 6.45) is -2.32. The molecule has 0 aliphatic rings. The summed E-state index contributed by atoms with van der Waals surface area (Å²) < 4.78 is 40.5. The molecule has 136 valence electrons. The number of nitrogens with zero attached hydrogens (tertiary/aromatic N) is 3. The van der Waals surface area contributed by atoms with Crippen LogP contribution < -0.4 is 4.90 Å². The van der Waals surface area contributed by atoms with Gasteiger partial charge in [0.1, 0.15) is 11.3 Å². The lowest BCUT2D eigenvalue weighted by Crippen LogP contribution is -2.28. The number of rotatable bonds is 4. The largest absolute Gasteiger partial charge is 0.417 e. The molecule has 1 aromatic carbocycles. The molecule has 0 saturated carbocycles. The highest BCUT2D eigenvalue weighted by Crippen LogP contribution is 2.30. The van der Waals surface area contributed by atoms with Gasteiger partial charge in [-0.25, -0.2) is 4.98 Å². The second kappa shape index (κ2) is 6.82. The van der Waals surface area contributed by atoms with Gasteiger partial charge in [-0.05, 0) is 30.7 Å². The van der Waals surface area contributed by atoms with E-state index in [1.54, 1.807) is 31.3 Å². The summed E-state index contributed by atoms with van der Waals surface area (Å²) in [5, 5.41) is 0. The van der Waals surface area contributed by atoms with Gasteiger partial charge in [0.15, 0.2) is 0 Å². The van der Waals surface area contributed by atoms with Crippen molar-refractivity contribution in [2.24, 2.45) is 0 Å². The first-order valence-electron chi connectivity index (χ1n) is 8.24. The van der Waals surface area contributed by atoms with Gasteiger partial charge in [0, 0.05) is 18.9 Å². The fraction of sp³-hybridized carbons (Fsp3) is 0.263. The van der Waals surface area contributed by atoms with Crippen molar-refractivity contribution in [1.82, 2.24) is 9.38 Å². The number of carbonyl (C=O) groups excluding carboxylic acids is 1. The average Bonchev–Trinajstić information content (AvgIpc) is 2.98. The van der Waals surface area contributed by atoms with Gasteiger partial charge in [-0.2, -0.15) is 13.2 Å². The van der Waals surface area contributed by atoms with Crippen LogP contribution in [0.3, 0.4) is 0 Å². The Morgan fingerprint density at radius 2 is 1.85 bits per heavy atom. The lowest BCUT2D eigenvalue weighted by molar-refractivity contribution is -0.137. The minimum atomic E-state index is -4.49. The van der Waals surface area contributed by atoms with Crippen LogP contribution >= 0.6 is 0 Å². The van der Waals surface area contributed by atoms with Crippen molar-refractivity contribution in [1.29, 1.82) is 0 Å². The second-order valence-corrected chi connectivity index (χ2v) is 6.00. The van der Waals surface area contributed by atoms with Gasteiger partial charge in [-0.3, -0.25) is 9.20 Å². The van der Waals surface area contributed by atoms with Crippen molar-refractivity contribution in [3.63, 3.8) is 0 Å². The number of carbonyl (C=O) groups is 1. The highest BCUT2D eigenvalue weighted by molar-refractivity contribution is 6.06.